The zero-order chi connectivity index (χ0) is 14.4. The van der Waals surface area contributed by atoms with Crippen molar-refractivity contribution in [1.82, 2.24) is 0 Å². The van der Waals surface area contributed by atoms with Crippen LogP contribution in [0, 0.1) is 5.92 Å². The zero-order valence-electron chi connectivity index (χ0n) is 11.5. The normalized spacial score (nSPS) is 26.0. The summed E-state index contributed by atoms with van der Waals surface area (Å²) >= 11 is 6.15. The maximum atomic E-state index is 10.2. The minimum atomic E-state index is 0.125. The fourth-order valence-electron chi connectivity index (χ4n) is 3.62. The average Bonchev–Trinajstić information content (AvgIpc) is 2.97. The monoisotopic (exact) mass is 297 g/mol. The lowest BCUT2D eigenvalue weighted by atomic mass is 9.77. The predicted octanol–water partition coefficient (Wildman–Crippen LogP) is 4.87. The lowest BCUT2D eigenvalue weighted by Crippen LogP contribution is -2.29. The van der Waals surface area contributed by atoms with E-state index in [2.05, 4.69) is 23.5 Å². The Bertz CT molecular complexity index is 725. The molecule has 21 heavy (non-hydrogen) atoms. The van der Waals surface area contributed by atoms with Gasteiger partial charge in [-0.25, -0.2) is 0 Å². The Balaban J connectivity index is 1.82. The summed E-state index contributed by atoms with van der Waals surface area (Å²) in [7, 11) is 0. The van der Waals surface area contributed by atoms with Crippen LogP contribution in [-0.2, 0) is 0 Å². The molecule has 0 bridgehead atoms. The summed E-state index contributed by atoms with van der Waals surface area (Å²) < 4.78 is 0. The standard InChI is InChI=1S/C18H16ClNO/c19-11-8-9-16-15(10-11)12-5-3-6-13(12)18(20-16)14-4-1-2-7-17(14)21/h1-5,7-10,12-13,18,20-21H,6H2. The number of hydrogen-bond acceptors (Lipinski definition) is 2. The van der Waals surface area contributed by atoms with Crippen molar-refractivity contribution in [3.05, 3.63) is 70.8 Å². The highest BCUT2D eigenvalue weighted by Gasteiger charge is 2.38. The van der Waals surface area contributed by atoms with E-state index in [-0.39, 0.29) is 6.04 Å². The van der Waals surface area contributed by atoms with Crippen molar-refractivity contribution in [3.63, 3.8) is 0 Å². The van der Waals surface area contributed by atoms with Gasteiger partial charge in [-0.1, -0.05) is 42.0 Å². The SMILES string of the molecule is Oc1ccccc1C1Nc2ccc(Cl)cc2C2C=CCC21. The molecule has 0 radical (unpaired) electrons. The molecule has 1 aliphatic carbocycles. The molecule has 3 atom stereocenters. The maximum Gasteiger partial charge on any atom is 0.120 e. The fourth-order valence-corrected chi connectivity index (χ4v) is 3.80. The van der Waals surface area contributed by atoms with Gasteiger partial charge in [0.1, 0.15) is 5.75 Å². The van der Waals surface area contributed by atoms with Crippen LogP contribution in [0.25, 0.3) is 0 Å². The summed E-state index contributed by atoms with van der Waals surface area (Å²) in [6.45, 7) is 0. The van der Waals surface area contributed by atoms with Crippen molar-refractivity contribution < 1.29 is 5.11 Å². The molecule has 2 nitrogen and oxygen atoms in total. The van der Waals surface area contributed by atoms with Crippen molar-refractivity contribution in [2.24, 2.45) is 5.92 Å². The third-order valence-corrected chi connectivity index (χ3v) is 4.83. The summed E-state index contributed by atoms with van der Waals surface area (Å²) in [4.78, 5) is 0. The molecule has 0 spiro atoms. The van der Waals surface area contributed by atoms with Gasteiger partial charge < -0.3 is 10.4 Å². The number of benzene rings is 2. The number of nitrogens with one attached hydrogen (secondary N) is 1. The van der Waals surface area contributed by atoms with Crippen molar-refractivity contribution in [2.75, 3.05) is 5.32 Å². The van der Waals surface area contributed by atoms with Gasteiger partial charge in [-0.2, -0.15) is 0 Å². The van der Waals surface area contributed by atoms with Gasteiger partial charge in [0.05, 0.1) is 6.04 Å². The van der Waals surface area contributed by atoms with Gasteiger partial charge in [0, 0.05) is 22.2 Å². The predicted molar refractivity (Wildman–Crippen MR) is 85.9 cm³/mol. The molecule has 3 unspecified atom stereocenters. The van der Waals surface area contributed by atoms with Crippen LogP contribution in [-0.4, -0.2) is 5.11 Å². The van der Waals surface area contributed by atoms with E-state index in [0.717, 1.165) is 22.7 Å². The van der Waals surface area contributed by atoms with Gasteiger partial charge in [0.25, 0.3) is 0 Å². The number of phenols is 1. The number of rotatable bonds is 1. The number of aromatic hydroxyl groups is 1. The molecule has 0 fully saturated rings. The first kappa shape index (κ1) is 12.8. The number of fused-ring (bicyclic) bond motifs is 3. The molecule has 106 valence electrons. The summed E-state index contributed by atoms with van der Waals surface area (Å²) in [5.41, 5.74) is 3.34. The average molecular weight is 298 g/mol. The minimum absolute atomic E-state index is 0.125. The van der Waals surface area contributed by atoms with Crippen LogP contribution in [0.15, 0.2) is 54.6 Å². The van der Waals surface area contributed by atoms with Gasteiger partial charge in [-0.3, -0.25) is 0 Å². The first-order chi connectivity index (χ1) is 10.2. The zero-order valence-corrected chi connectivity index (χ0v) is 12.2. The molecule has 1 heterocycles. The van der Waals surface area contributed by atoms with E-state index >= 15 is 0 Å². The number of phenolic OH excluding ortho intramolecular Hbond substituents is 1. The lowest BCUT2D eigenvalue weighted by molar-refractivity contribution is 0.402. The fraction of sp³-hybridized carbons (Fsp3) is 0.222. The Morgan fingerprint density at radius 2 is 1.95 bits per heavy atom. The Hall–Kier alpha value is -1.93. The number of para-hydroxylation sites is 1. The number of halogens is 1. The van der Waals surface area contributed by atoms with E-state index in [1.807, 2.05) is 30.3 Å². The smallest absolute Gasteiger partial charge is 0.120 e. The first-order valence-corrected chi connectivity index (χ1v) is 7.62. The van der Waals surface area contributed by atoms with Crippen molar-refractivity contribution >= 4 is 17.3 Å². The third-order valence-electron chi connectivity index (χ3n) is 4.60. The van der Waals surface area contributed by atoms with E-state index in [1.54, 1.807) is 6.07 Å². The van der Waals surface area contributed by atoms with E-state index in [9.17, 15) is 5.11 Å². The molecule has 3 heteroatoms. The summed E-state index contributed by atoms with van der Waals surface area (Å²) in [5, 5.41) is 14.6. The van der Waals surface area contributed by atoms with Crippen LogP contribution in [0.5, 0.6) is 5.75 Å². The highest BCUT2D eigenvalue weighted by Crippen LogP contribution is 2.51. The maximum absolute atomic E-state index is 10.2. The van der Waals surface area contributed by atoms with Crippen LogP contribution in [0.2, 0.25) is 5.02 Å². The molecule has 2 aromatic carbocycles. The topological polar surface area (TPSA) is 32.3 Å². The summed E-state index contributed by atoms with van der Waals surface area (Å²) in [5.74, 6) is 1.15. The number of allylic oxidation sites excluding steroid dienone is 2. The van der Waals surface area contributed by atoms with Gasteiger partial charge in [0.2, 0.25) is 0 Å². The van der Waals surface area contributed by atoms with Crippen molar-refractivity contribution in [3.8, 4) is 5.75 Å². The molecule has 2 aliphatic rings. The number of anilines is 1. The molecule has 1 aliphatic heterocycles. The molecular formula is C18H16ClNO. The molecule has 0 aromatic heterocycles. The van der Waals surface area contributed by atoms with Crippen LogP contribution in [0.3, 0.4) is 0 Å². The minimum Gasteiger partial charge on any atom is -0.508 e. The van der Waals surface area contributed by atoms with Crippen molar-refractivity contribution in [1.29, 1.82) is 0 Å². The summed E-state index contributed by atoms with van der Waals surface area (Å²) in [6, 6.07) is 13.7. The van der Waals surface area contributed by atoms with Gasteiger partial charge in [0.15, 0.2) is 0 Å². The van der Waals surface area contributed by atoms with Gasteiger partial charge >= 0.3 is 0 Å². The van der Waals surface area contributed by atoms with Crippen LogP contribution in [0.4, 0.5) is 5.69 Å². The highest BCUT2D eigenvalue weighted by molar-refractivity contribution is 6.30. The highest BCUT2D eigenvalue weighted by atomic mass is 35.5. The second kappa shape index (κ2) is 4.81. The molecule has 2 N–H and O–H groups in total. The van der Waals surface area contributed by atoms with Crippen molar-refractivity contribution in [2.45, 2.75) is 18.4 Å². The van der Waals surface area contributed by atoms with E-state index in [0.29, 0.717) is 17.6 Å². The number of hydrogen-bond donors (Lipinski definition) is 2. The second-order valence-electron chi connectivity index (χ2n) is 5.77. The second-order valence-corrected chi connectivity index (χ2v) is 6.20. The molecule has 0 amide bonds. The lowest BCUT2D eigenvalue weighted by Gasteiger charge is -2.37. The summed E-state index contributed by atoms with van der Waals surface area (Å²) in [6.07, 6.45) is 5.52. The molecule has 4 rings (SSSR count). The molecule has 0 saturated heterocycles. The van der Waals surface area contributed by atoms with E-state index in [1.165, 1.54) is 5.56 Å². The Morgan fingerprint density at radius 1 is 1.10 bits per heavy atom. The quantitative estimate of drug-likeness (QED) is 0.736. The Morgan fingerprint density at radius 3 is 2.81 bits per heavy atom. The van der Waals surface area contributed by atoms with Gasteiger partial charge in [-0.15, -0.1) is 0 Å². The third kappa shape index (κ3) is 2.02. The van der Waals surface area contributed by atoms with Crippen LogP contribution >= 0.6 is 11.6 Å². The van der Waals surface area contributed by atoms with Gasteiger partial charge in [-0.05, 0) is 42.2 Å². The van der Waals surface area contributed by atoms with Crippen LogP contribution < -0.4 is 5.32 Å². The van der Waals surface area contributed by atoms with E-state index < -0.39 is 0 Å². The Labute approximate surface area is 129 Å². The molecule has 0 saturated carbocycles. The molecular weight excluding hydrogens is 282 g/mol. The molecule has 2 aromatic rings. The van der Waals surface area contributed by atoms with E-state index in [4.69, 9.17) is 11.6 Å². The first-order valence-electron chi connectivity index (χ1n) is 7.24. The van der Waals surface area contributed by atoms with Crippen LogP contribution in [0.1, 0.15) is 29.5 Å². The largest absolute Gasteiger partial charge is 0.508 e. The Kier molecular flexibility index (Phi) is 2.93.